The van der Waals surface area contributed by atoms with Crippen LogP contribution in [0.25, 0.3) is 0 Å². The second-order valence-corrected chi connectivity index (χ2v) is 7.55. The molecule has 0 aromatic heterocycles. The fraction of sp³-hybridized carbons (Fsp3) is 0.167. The first-order chi connectivity index (χ1) is 15.3. The smallest absolute Gasteiger partial charge is 0.269 e. The lowest BCUT2D eigenvalue weighted by atomic mass is 10.1. The molecule has 3 aromatic rings. The van der Waals surface area contributed by atoms with E-state index < -0.39 is 16.9 Å². The van der Waals surface area contributed by atoms with Crippen molar-refractivity contribution in [3.05, 3.63) is 93.5 Å². The van der Waals surface area contributed by atoms with E-state index in [1.807, 2.05) is 31.2 Å². The van der Waals surface area contributed by atoms with E-state index in [4.69, 9.17) is 4.74 Å². The molecular formula is C24H21N3O5. The van der Waals surface area contributed by atoms with Crippen LogP contribution in [0.4, 0.5) is 17.1 Å². The maximum atomic E-state index is 12.9. The molecule has 3 aromatic carbocycles. The molecule has 1 N–H and O–H groups in total. The van der Waals surface area contributed by atoms with Gasteiger partial charge in [-0.1, -0.05) is 24.3 Å². The fourth-order valence-electron chi connectivity index (χ4n) is 3.54. The molecule has 8 heteroatoms. The third-order valence-corrected chi connectivity index (χ3v) is 5.36. The van der Waals surface area contributed by atoms with E-state index >= 15 is 0 Å². The Hall–Kier alpha value is -4.20. The quantitative estimate of drug-likeness (QED) is 0.474. The van der Waals surface area contributed by atoms with Crippen molar-refractivity contribution in [2.75, 3.05) is 10.2 Å². The monoisotopic (exact) mass is 431 g/mol. The summed E-state index contributed by atoms with van der Waals surface area (Å²) in [5, 5.41) is 13.6. The lowest BCUT2D eigenvalue weighted by molar-refractivity contribution is -0.384. The lowest BCUT2D eigenvalue weighted by Crippen LogP contribution is -2.44. The molecule has 2 amide bonds. The minimum absolute atomic E-state index is 0.0908. The zero-order valence-electron chi connectivity index (χ0n) is 17.6. The van der Waals surface area contributed by atoms with Gasteiger partial charge in [0, 0.05) is 23.4 Å². The van der Waals surface area contributed by atoms with Crippen molar-refractivity contribution in [1.82, 2.24) is 0 Å². The van der Waals surface area contributed by atoms with Gasteiger partial charge in [0.15, 0.2) is 6.10 Å². The number of amides is 2. The third-order valence-electron chi connectivity index (χ3n) is 5.36. The Labute approximate surface area is 184 Å². The van der Waals surface area contributed by atoms with Gasteiger partial charge in [0.1, 0.15) is 5.75 Å². The molecule has 1 atom stereocenters. The second kappa shape index (κ2) is 8.50. The van der Waals surface area contributed by atoms with Gasteiger partial charge < -0.3 is 15.0 Å². The average Bonchev–Trinajstić information content (AvgIpc) is 2.78. The predicted molar refractivity (Wildman–Crippen MR) is 120 cm³/mol. The molecule has 0 spiro atoms. The van der Waals surface area contributed by atoms with Crippen LogP contribution in [0.5, 0.6) is 5.75 Å². The number of rotatable bonds is 5. The van der Waals surface area contributed by atoms with Crippen LogP contribution in [-0.2, 0) is 11.3 Å². The molecule has 0 bridgehead atoms. The summed E-state index contributed by atoms with van der Waals surface area (Å²) in [7, 11) is 0. The third kappa shape index (κ3) is 4.15. The van der Waals surface area contributed by atoms with E-state index in [1.54, 1.807) is 30.0 Å². The van der Waals surface area contributed by atoms with Crippen molar-refractivity contribution in [2.45, 2.75) is 26.5 Å². The zero-order valence-corrected chi connectivity index (χ0v) is 17.6. The molecule has 1 unspecified atom stereocenters. The summed E-state index contributed by atoms with van der Waals surface area (Å²) in [6.45, 7) is 4.08. The van der Waals surface area contributed by atoms with E-state index in [9.17, 15) is 19.7 Å². The molecule has 162 valence electrons. The van der Waals surface area contributed by atoms with Crippen molar-refractivity contribution in [3.63, 3.8) is 0 Å². The number of nitrogens with one attached hydrogen (secondary N) is 1. The van der Waals surface area contributed by atoms with Crippen molar-refractivity contribution in [1.29, 1.82) is 0 Å². The molecule has 0 radical (unpaired) electrons. The maximum absolute atomic E-state index is 12.9. The summed E-state index contributed by atoms with van der Waals surface area (Å²) in [5.74, 6) is -0.0275. The van der Waals surface area contributed by atoms with Gasteiger partial charge in [-0.2, -0.15) is 0 Å². The molecule has 32 heavy (non-hydrogen) atoms. The average molecular weight is 431 g/mol. The Morgan fingerprint density at radius 2 is 1.84 bits per heavy atom. The summed E-state index contributed by atoms with van der Waals surface area (Å²) < 4.78 is 5.75. The molecule has 1 aliphatic rings. The van der Waals surface area contributed by atoms with Crippen molar-refractivity contribution in [2.24, 2.45) is 0 Å². The molecule has 8 nitrogen and oxygen atoms in total. The van der Waals surface area contributed by atoms with Crippen molar-refractivity contribution >= 4 is 28.9 Å². The second-order valence-electron chi connectivity index (χ2n) is 7.55. The number of nitro groups is 1. The van der Waals surface area contributed by atoms with E-state index in [0.717, 1.165) is 11.1 Å². The standard InChI is InChI=1S/C24H21N3O5/c1-15-5-3-4-6-18(15)14-26-21-13-19(9-12-22(21)32-16(2)24(26)29)25-23(28)17-7-10-20(11-8-17)27(30)31/h3-13,16H,14H2,1-2H3,(H,25,28). The zero-order chi connectivity index (χ0) is 22.8. The number of non-ortho nitro benzene ring substituents is 1. The molecular weight excluding hydrogens is 410 g/mol. The Kier molecular flexibility index (Phi) is 5.59. The number of anilines is 2. The van der Waals surface area contributed by atoms with Gasteiger partial charge in [-0.15, -0.1) is 0 Å². The first kappa shape index (κ1) is 21.0. The number of ether oxygens (including phenoxy) is 1. The van der Waals surface area contributed by atoms with Gasteiger partial charge in [0.2, 0.25) is 0 Å². The van der Waals surface area contributed by atoms with Gasteiger partial charge in [-0.3, -0.25) is 19.7 Å². The number of hydrogen-bond donors (Lipinski definition) is 1. The summed E-state index contributed by atoms with van der Waals surface area (Å²) in [6.07, 6.45) is -0.618. The molecule has 1 heterocycles. The summed E-state index contributed by atoms with van der Waals surface area (Å²) in [6, 6.07) is 18.3. The number of nitro benzene ring substituents is 1. The number of carbonyl (C=O) groups excluding carboxylic acids is 2. The highest BCUT2D eigenvalue weighted by molar-refractivity contribution is 6.05. The Morgan fingerprint density at radius 3 is 2.53 bits per heavy atom. The van der Waals surface area contributed by atoms with Gasteiger partial charge in [-0.25, -0.2) is 0 Å². The van der Waals surface area contributed by atoms with Crippen LogP contribution in [-0.4, -0.2) is 22.8 Å². The van der Waals surface area contributed by atoms with E-state index in [-0.39, 0.29) is 17.2 Å². The highest BCUT2D eigenvalue weighted by atomic mass is 16.6. The van der Waals surface area contributed by atoms with Crippen LogP contribution in [0.2, 0.25) is 0 Å². The molecule has 1 aliphatic heterocycles. The Balaban J connectivity index is 1.61. The highest BCUT2D eigenvalue weighted by Crippen LogP contribution is 2.37. The van der Waals surface area contributed by atoms with Gasteiger partial charge in [-0.05, 0) is 55.3 Å². The van der Waals surface area contributed by atoms with Crippen LogP contribution in [0.3, 0.4) is 0 Å². The predicted octanol–water partition coefficient (Wildman–Crippen LogP) is 4.47. The van der Waals surface area contributed by atoms with E-state index in [2.05, 4.69) is 5.32 Å². The molecule has 4 rings (SSSR count). The minimum Gasteiger partial charge on any atom is -0.479 e. The number of carbonyl (C=O) groups is 2. The summed E-state index contributed by atoms with van der Waals surface area (Å²) in [5.41, 5.74) is 3.33. The van der Waals surface area contributed by atoms with E-state index in [0.29, 0.717) is 23.7 Å². The van der Waals surface area contributed by atoms with Crippen molar-refractivity contribution in [3.8, 4) is 5.75 Å². The Bertz CT molecular complexity index is 1210. The van der Waals surface area contributed by atoms with Crippen LogP contribution >= 0.6 is 0 Å². The van der Waals surface area contributed by atoms with Crippen LogP contribution in [0.15, 0.2) is 66.7 Å². The number of benzene rings is 3. The summed E-state index contributed by atoms with van der Waals surface area (Å²) >= 11 is 0. The van der Waals surface area contributed by atoms with Gasteiger partial charge in [0.05, 0.1) is 17.2 Å². The van der Waals surface area contributed by atoms with Crippen molar-refractivity contribution < 1.29 is 19.2 Å². The van der Waals surface area contributed by atoms with Crippen LogP contribution < -0.4 is 15.0 Å². The molecule has 0 saturated heterocycles. The van der Waals surface area contributed by atoms with Gasteiger partial charge in [0.25, 0.3) is 17.5 Å². The van der Waals surface area contributed by atoms with Crippen LogP contribution in [0, 0.1) is 17.0 Å². The largest absolute Gasteiger partial charge is 0.479 e. The Morgan fingerprint density at radius 1 is 1.12 bits per heavy atom. The normalized spacial score (nSPS) is 15.0. The topological polar surface area (TPSA) is 102 Å². The molecule has 0 fully saturated rings. The highest BCUT2D eigenvalue weighted by Gasteiger charge is 2.32. The number of hydrogen-bond acceptors (Lipinski definition) is 5. The number of fused-ring (bicyclic) bond motifs is 1. The SMILES string of the molecule is Cc1ccccc1CN1C(=O)C(C)Oc2ccc(NC(=O)c3ccc([N+](=O)[O-])cc3)cc21. The number of aryl methyl sites for hydroxylation is 1. The van der Waals surface area contributed by atoms with Gasteiger partial charge >= 0.3 is 0 Å². The number of nitrogens with zero attached hydrogens (tertiary/aromatic N) is 2. The molecule has 0 saturated carbocycles. The minimum atomic E-state index is -0.618. The fourth-order valence-corrected chi connectivity index (χ4v) is 3.54. The molecule has 0 aliphatic carbocycles. The van der Waals surface area contributed by atoms with Crippen LogP contribution in [0.1, 0.15) is 28.4 Å². The first-order valence-electron chi connectivity index (χ1n) is 10.1. The maximum Gasteiger partial charge on any atom is 0.269 e. The van der Waals surface area contributed by atoms with E-state index in [1.165, 1.54) is 24.3 Å². The summed E-state index contributed by atoms with van der Waals surface area (Å²) in [4.78, 5) is 37.4. The first-order valence-corrected chi connectivity index (χ1v) is 10.1. The lowest BCUT2D eigenvalue weighted by Gasteiger charge is -2.33.